The molecule has 100 valence electrons. The molecule has 0 unspecified atom stereocenters. The molecule has 0 amide bonds. The first-order chi connectivity index (χ1) is 8.61. The Kier molecular flexibility index (Phi) is 4.49. The lowest BCUT2D eigenvalue weighted by molar-refractivity contribution is 0.313. The first kappa shape index (κ1) is 13.7. The average molecular weight is 312 g/mol. The third-order valence-electron chi connectivity index (χ3n) is 4.12. The number of anilines is 2. The van der Waals surface area contributed by atoms with Gasteiger partial charge in [-0.15, -0.1) is 0 Å². The molecule has 18 heavy (non-hydrogen) atoms. The van der Waals surface area contributed by atoms with E-state index in [-0.39, 0.29) is 0 Å². The number of nitrogens with two attached hydrogens (primary N) is 1. The molecule has 0 bridgehead atoms. The van der Waals surface area contributed by atoms with Gasteiger partial charge in [-0.3, -0.25) is 0 Å². The molecule has 1 saturated carbocycles. The molecule has 2 rings (SSSR count). The molecule has 1 aliphatic rings. The molecule has 1 fully saturated rings. The van der Waals surface area contributed by atoms with Crippen molar-refractivity contribution in [1.29, 1.82) is 0 Å². The fourth-order valence-electron chi connectivity index (χ4n) is 2.82. The Balaban J connectivity index is 2.05. The Morgan fingerprint density at radius 1 is 1.39 bits per heavy atom. The molecule has 1 aliphatic carbocycles. The van der Waals surface area contributed by atoms with E-state index in [0.29, 0.717) is 11.7 Å². The molecule has 1 aromatic heterocycles. The van der Waals surface area contributed by atoms with Crippen molar-refractivity contribution >= 4 is 27.4 Å². The van der Waals surface area contributed by atoms with Crippen LogP contribution in [-0.4, -0.2) is 18.1 Å². The summed E-state index contributed by atoms with van der Waals surface area (Å²) in [5.74, 6) is 1.93. The summed E-state index contributed by atoms with van der Waals surface area (Å²) in [5, 5.41) is 0. The van der Waals surface area contributed by atoms with Crippen molar-refractivity contribution < 1.29 is 0 Å². The van der Waals surface area contributed by atoms with Crippen LogP contribution in [0.4, 0.5) is 11.5 Å². The number of hydrogen-bond acceptors (Lipinski definition) is 3. The zero-order chi connectivity index (χ0) is 13.1. The van der Waals surface area contributed by atoms with E-state index in [1.165, 1.54) is 32.1 Å². The lowest BCUT2D eigenvalue weighted by Crippen LogP contribution is -2.35. The van der Waals surface area contributed by atoms with Crippen LogP contribution < -0.4 is 10.6 Å². The largest absolute Gasteiger partial charge is 0.397 e. The Hall–Kier alpha value is -0.770. The highest BCUT2D eigenvalue weighted by atomic mass is 79.9. The first-order valence-electron chi connectivity index (χ1n) is 6.75. The van der Waals surface area contributed by atoms with Crippen LogP contribution in [0.15, 0.2) is 16.7 Å². The lowest BCUT2D eigenvalue weighted by atomic mass is 9.84. The van der Waals surface area contributed by atoms with Gasteiger partial charge in [0.25, 0.3) is 0 Å². The molecule has 0 spiro atoms. The van der Waals surface area contributed by atoms with Crippen LogP contribution in [-0.2, 0) is 0 Å². The topological polar surface area (TPSA) is 42.2 Å². The molecule has 1 heterocycles. The lowest BCUT2D eigenvalue weighted by Gasteiger charge is -2.35. The molecule has 3 nitrogen and oxygen atoms in total. The van der Waals surface area contributed by atoms with Gasteiger partial charge in [-0.05, 0) is 53.6 Å². The highest BCUT2D eigenvalue weighted by Gasteiger charge is 2.24. The molecule has 0 aromatic carbocycles. The fraction of sp³-hybridized carbons (Fsp3) is 0.643. The van der Waals surface area contributed by atoms with Gasteiger partial charge in [0, 0.05) is 13.1 Å². The average Bonchev–Trinajstić information content (AvgIpc) is 2.38. The molecular weight excluding hydrogens is 290 g/mol. The van der Waals surface area contributed by atoms with Crippen molar-refractivity contribution in [2.45, 2.75) is 45.1 Å². The Bertz CT molecular complexity index is 400. The van der Waals surface area contributed by atoms with Gasteiger partial charge in [-0.1, -0.05) is 13.3 Å². The minimum atomic E-state index is 0.611. The third-order valence-corrected chi connectivity index (χ3v) is 4.70. The van der Waals surface area contributed by atoms with Gasteiger partial charge in [-0.2, -0.15) is 0 Å². The number of aromatic nitrogens is 1. The summed E-state index contributed by atoms with van der Waals surface area (Å²) >= 11 is 3.56. The van der Waals surface area contributed by atoms with E-state index in [1.54, 1.807) is 6.20 Å². The summed E-state index contributed by atoms with van der Waals surface area (Å²) in [6, 6.07) is 2.54. The predicted molar refractivity (Wildman–Crippen MR) is 80.8 cm³/mol. The van der Waals surface area contributed by atoms with Crippen LogP contribution in [0, 0.1) is 5.92 Å². The van der Waals surface area contributed by atoms with E-state index in [1.807, 2.05) is 6.07 Å². The van der Waals surface area contributed by atoms with Gasteiger partial charge in [-0.25, -0.2) is 4.98 Å². The van der Waals surface area contributed by atoms with E-state index in [4.69, 9.17) is 5.73 Å². The standard InChI is InChI=1S/C14H22BrN3/c1-3-10-4-6-12(7-5-10)18(2)14-13(15)8-11(16)9-17-14/h8-10,12H,3-7,16H2,1-2H3. The summed E-state index contributed by atoms with van der Waals surface area (Å²) in [5.41, 5.74) is 6.43. The number of hydrogen-bond donors (Lipinski definition) is 1. The van der Waals surface area contributed by atoms with Gasteiger partial charge in [0.1, 0.15) is 5.82 Å². The maximum Gasteiger partial charge on any atom is 0.143 e. The van der Waals surface area contributed by atoms with Crippen molar-refractivity contribution in [2.24, 2.45) is 5.92 Å². The highest BCUT2D eigenvalue weighted by molar-refractivity contribution is 9.10. The molecule has 2 N–H and O–H groups in total. The number of rotatable bonds is 3. The monoisotopic (exact) mass is 311 g/mol. The van der Waals surface area contributed by atoms with Gasteiger partial charge in [0.15, 0.2) is 0 Å². The van der Waals surface area contributed by atoms with Gasteiger partial charge in [0.2, 0.25) is 0 Å². The van der Waals surface area contributed by atoms with Crippen molar-refractivity contribution in [3.05, 3.63) is 16.7 Å². The normalized spacial score (nSPS) is 23.9. The van der Waals surface area contributed by atoms with E-state index in [9.17, 15) is 0 Å². The first-order valence-corrected chi connectivity index (χ1v) is 7.55. The second-order valence-electron chi connectivity index (χ2n) is 5.27. The van der Waals surface area contributed by atoms with E-state index < -0.39 is 0 Å². The second kappa shape index (κ2) is 5.91. The molecule has 0 saturated heterocycles. The Morgan fingerprint density at radius 2 is 2.06 bits per heavy atom. The van der Waals surface area contributed by atoms with E-state index in [0.717, 1.165) is 16.2 Å². The summed E-state index contributed by atoms with van der Waals surface area (Å²) in [6.45, 7) is 2.30. The minimum absolute atomic E-state index is 0.611. The fourth-order valence-corrected chi connectivity index (χ4v) is 3.46. The Labute approximate surface area is 118 Å². The molecule has 0 aliphatic heterocycles. The van der Waals surface area contributed by atoms with E-state index >= 15 is 0 Å². The molecule has 4 heteroatoms. The van der Waals surface area contributed by atoms with Crippen LogP contribution in [0.1, 0.15) is 39.0 Å². The number of pyridine rings is 1. The van der Waals surface area contributed by atoms with Crippen LogP contribution in [0.3, 0.4) is 0 Å². The van der Waals surface area contributed by atoms with Crippen LogP contribution >= 0.6 is 15.9 Å². The maximum absolute atomic E-state index is 5.73. The molecule has 0 radical (unpaired) electrons. The number of nitrogens with zero attached hydrogens (tertiary/aromatic N) is 2. The third kappa shape index (κ3) is 2.97. The summed E-state index contributed by atoms with van der Waals surface area (Å²) < 4.78 is 0.989. The van der Waals surface area contributed by atoms with E-state index in [2.05, 4.69) is 39.8 Å². The van der Waals surface area contributed by atoms with Crippen LogP contribution in [0.5, 0.6) is 0 Å². The summed E-state index contributed by atoms with van der Waals surface area (Å²) in [4.78, 5) is 6.75. The van der Waals surface area contributed by atoms with Gasteiger partial charge < -0.3 is 10.6 Å². The Morgan fingerprint density at radius 3 is 2.61 bits per heavy atom. The predicted octanol–water partition coefficient (Wildman–Crippen LogP) is 3.83. The minimum Gasteiger partial charge on any atom is -0.397 e. The van der Waals surface area contributed by atoms with Crippen molar-refractivity contribution in [1.82, 2.24) is 4.98 Å². The van der Waals surface area contributed by atoms with Crippen LogP contribution in [0.25, 0.3) is 0 Å². The second-order valence-corrected chi connectivity index (χ2v) is 6.12. The molecular formula is C14H22BrN3. The van der Waals surface area contributed by atoms with Crippen LogP contribution in [0.2, 0.25) is 0 Å². The maximum atomic E-state index is 5.73. The van der Waals surface area contributed by atoms with Crippen molar-refractivity contribution in [3.63, 3.8) is 0 Å². The molecule has 1 aromatic rings. The molecule has 0 atom stereocenters. The van der Waals surface area contributed by atoms with Crippen molar-refractivity contribution in [2.75, 3.05) is 17.7 Å². The van der Waals surface area contributed by atoms with Gasteiger partial charge in [0.05, 0.1) is 16.4 Å². The zero-order valence-electron chi connectivity index (χ0n) is 11.2. The summed E-state index contributed by atoms with van der Waals surface area (Å²) in [7, 11) is 2.14. The SMILES string of the molecule is CCC1CCC(N(C)c2ncc(N)cc2Br)CC1. The smallest absolute Gasteiger partial charge is 0.143 e. The number of halogens is 1. The van der Waals surface area contributed by atoms with Gasteiger partial charge >= 0.3 is 0 Å². The zero-order valence-corrected chi connectivity index (χ0v) is 12.8. The van der Waals surface area contributed by atoms with Crippen molar-refractivity contribution in [3.8, 4) is 0 Å². The number of nitrogen functional groups attached to an aromatic ring is 1. The summed E-state index contributed by atoms with van der Waals surface area (Å²) in [6.07, 6.45) is 8.28. The highest BCUT2D eigenvalue weighted by Crippen LogP contribution is 2.33. The quantitative estimate of drug-likeness (QED) is 0.922.